The average molecular weight is 608 g/mol. The molecule has 0 aromatic rings. The largest absolute Gasteiger partial charge is 0.460 e. The molecule has 5 nitrogen and oxygen atoms in total. The first-order chi connectivity index (χ1) is 16.7. The van der Waals surface area contributed by atoms with E-state index >= 15 is 0 Å². The average Bonchev–Trinajstić information content (AvgIpc) is 2.74. The lowest BCUT2D eigenvalue weighted by Gasteiger charge is -2.42. The Kier molecular flexibility index (Phi) is 10.8. The molecule has 0 fully saturated rings. The highest BCUT2D eigenvalue weighted by Gasteiger charge is 2.95. The zero-order valence-electron chi connectivity index (χ0n) is 18.1. The molecule has 0 aliphatic heterocycles. The minimum absolute atomic E-state index is 0.170. The maximum atomic E-state index is 13.7. The summed E-state index contributed by atoms with van der Waals surface area (Å²) >= 11 is 0. The third-order valence-electron chi connectivity index (χ3n) is 4.78. The predicted octanol–water partition coefficient (Wildman–Crippen LogP) is 3.79. The molecule has 0 spiro atoms. The number of carbonyl (C=O) groups excluding carboxylic acids is 1. The molecule has 0 aromatic carbocycles. The number of nitrogens with one attached hydrogen (secondary N) is 1. The lowest BCUT2D eigenvalue weighted by Crippen LogP contribution is -2.75. The molecule has 0 rings (SSSR count). The van der Waals surface area contributed by atoms with E-state index in [1.54, 1.807) is 0 Å². The molecule has 0 aromatic heterocycles. The van der Waals surface area contributed by atoms with Gasteiger partial charge in [0.1, 0.15) is 0 Å². The van der Waals surface area contributed by atoms with E-state index in [1.807, 2.05) is 0 Å². The number of halogens is 17. The van der Waals surface area contributed by atoms with Gasteiger partial charge in [0.25, 0.3) is 5.91 Å². The van der Waals surface area contributed by atoms with Gasteiger partial charge in [-0.15, -0.1) is 0 Å². The minimum Gasteiger partial charge on any atom is -0.395 e. The Morgan fingerprint density at radius 1 is 0.553 bits per heavy atom. The van der Waals surface area contributed by atoms with E-state index in [0.717, 1.165) is 5.32 Å². The van der Waals surface area contributed by atoms with Gasteiger partial charge >= 0.3 is 47.6 Å². The number of alkyl halides is 17. The molecular weight excluding hydrogens is 591 g/mol. The van der Waals surface area contributed by atoms with Crippen molar-refractivity contribution in [1.82, 2.24) is 10.2 Å². The molecule has 0 aliphatic carbocycles. The molecule has 0 saturated carbocycles. The van der Waals surface area contributed by atoms with Crippen LogP contribution in [0.25, 0.3) is 0 Å². The summed E-state index contributed by atoms with van der Waals surface area (Å²) in [6, 6.07) is 0. The van der Waals surface area contributed by atoms with Gasteiger partial charge in [-0.1, -0.05) is 0 Å². The number of carbonyl (C=O) groups is 1. The van der Waals surface area contributed by atoms with Crippen molar-refractivity contribution in [2.45, 2.75) is 54.1 Å². The van der Waals surface area contributed by atoms with Crippen molar-refractivity contribution < 1.29 is 89.6 Å². The Morgan fingerprint density at radius 3 is 1.24 bits per heavy atom. The predicted molar refractivity (Wildman–Crippen MR) is 88.9 cm³/mol. The number of rotatable bonds is 15. The summed E-state index contributed by atoms with van der Waals surface area (Å²) in [6.45, 7) is -2.87. The normalized spacial score (nSPS) is 15.3. The zero-order valence-corrected chi connectivity index (χ0v) is 18.1. The van der Waals surface area contributed by atoms with Gasteiger partial charge in [0.2, 0.25) is 0 Å². The molecule has 22 heteroatoms. The van der Waals surface area contributed by atoms with E-state index in [0.29, 0.717) is 0 Å². The maximum absolute atomic E-state index is 13.7. The van der Waals surface area contributed by atoms with E-state index in [2.05, 4.69) is 0 Å². The molecule has 3 N–H and O–H groups in total. The number of hydrogen-bond acceptors (Lipinski definition) is 4. The SMILES string of the molecule is O=C(NCCCN(CCO)CCO)C(F)(F)C(F)(F)C(F)(F)C(F)(F)C(F)(F)C(F)(F)C(F)(F)C(F)(F)F. The molecule has 228 valence electrons. The Labute approximate surface area is 200 Å². The van der Waals surface area contributed by atoms with Crippen molar-refractivity contribution in [1.29, 1.82) is 0 Å². The summed E-state index contributed by atoms with van der Waals surface area (Å²) in [4.78, 5) is 12.5. The van der Waals surface area contributed by atoms with Gasteiger partial charge < -0.3 is 15.5 Å². The number of nitrogens with zero attached hydrogens (tertiary/aromatic N) is 1. The molecule has 0 bridgehead atoms. The molecule has 0 saturated heterocycles. The van der Waals surface area contributed by atoms with Crippen LogP contribution in [0, 0.1) is 0 Å². The number of aliphatic hydroxyl groups is 2. The molecule has 1 amide bonds. The van der Waals surface area contributed by atoms with Crippen molar-refractivity contribution in [3.63, 3.8) is 0 Å². The van der Waals surface area contributed by atoms with Gasteiger partial charge in [0, 0.05) is 19.6 Å². The standard InChI is InChI=1S/C16H17F17N2O3/c17-9(18,8(38)34-2-1-3-35(4-6-36)5-7-37)10(19,20)11(21,22)12(23,24)13(25,26)14(27,28)15(29,30)16(31,32)33/h36-37H,1-7H2,(H,34,38). The van der Waals surface area contributed by atoms with Gasteiger partial charge in [-0.05, 0) is 13.0 Å². The lowest BCUT2D eigenvalue weighted by molar-refractivity contribution is -0.459. The first-order valence-corrected chi connectivity index (χ1v) is 9.60. The smallest absolute Gasteiger partial charge is 0.395 e. The van der Waals surface area contributed by atoms with Crippen LogP contribution in [-0.4, -0.2) is 108 Å². The quantitative estimate of drug-likeness (QED) is 0.196. The third-order valence-corrected chi connectivity index (χ3v) is 4.78. The van der Waals surface area contributed by atoms with Crippen LogP contribution in [0.3, 0.4) is 0 Å². The van der Waals surface area contributed by atoms with E-state index in [4.69, 9.17) is 10.2 Å². The molecule has 0 aliphatic rings. The van der Waals surface area contributed by atoms with Crippen LogP contribution in [0.5, 0.6) is 0 Å². The number of hydrogen-bond donors (Lipinski definition) is 3. The fourth-order valence-corrected chi connectivity index (χ4v) is 2.54. The van der Waals surface area contributed by atoms with Gasteiger partial charge in [0.05, 0.1) is 13.2 Å². The molecule has 38 heavy (non-hydrogen) atoms. The van der Waals surface area contributed by atoms with Gasteiger partial charge in [-0.2, -0.15) is 74.6 Å². The highest BCUT2D eigenvalue weighted by molar-refractivity contribution is 5.84. The van der Waals surface area contributed by atoms with Gasteiger partial charge in [0.15, 0.2) is 0 Å². The molecular formula is C16H17F17N2O3. The van der Waals surface area contributed by atoms with Crippen molar-refractivity contribution in [3.05, 3.63) is 0 Å². The summed E-state index contributed by atoms with van der Waals surface area (Å²) in [5, 5.41) is 18.3. The van der Waals surface area contributed by atoms with E-state index in [9.17, 15) is 79.4 Å². The van der Waals surface area contributed by atoms with Crippen LogP contribution in [-0.2, 0) is 4.79 Å². The molecule has 0 unspecified atom stereocenters. The highest BCUT2D eigenvalue weighted by atomic mass is 19.4. The molecule has 0 atom stereocenters. The fourth-order valence-electron chi connectivity index (χ4n) is 2.54. The second-order valence-corrected chi connectivity index (χ2v) is 7.42. The van der Waals surface area contributed by atoms with E-state index in [1.165, 1.54) is 4.90 Å². The summed E-state index contributed by atoms with van der Waals surface area (Å²) in [5.74, 6) is -61.7. The van der Waals surface area contributed by atoms with Crippen LogP contribution in [0.4, 0.5) is 74.6 Å². The maximum Gasteiger partial charge on any atom is 0.460 e. The first kappa shape index (κ1) is 36.2. The van der Waals surface area contributed by atoms with Crippen molar-refractivity contribution in [2.24, 2.45) is 0 Å². The van der Waals surface area contributed by atoms with Crippen LogP contribution >= 0.6 is 0 Å². The second-order valence-electron chi connectivity index (χ2n) is 7.42. The highest BCUT2D eigenvalue weighted by Crippen LogP contribution is 2.63. The van der Waals surface area contributed by atoms with E-state index in [-0.39, 0.29) is 19.6 Å². The monoisotopic (exact) mass is 608 g/mol. The summed E-state index contributed by atoms with van der Waals surface area (Å²) in [5.41, 5.74) is 0. The van der Waals surface area contributed by atoms with Gasteiger partial charge in [-0.25, -0.2) is 0 Å². The minimum atomic E-state index is -8.76. The van der Waals surface area contributed by atoms with Crippen molar-refractivity contribution >= 4 is 5.91 Å². The summed E-state index contributed by atoms with van der Waals surface area (Å²) < 4.78 is 224. The second kappa shape index (κ2) is 11.3. The van der Waals surface area contributed by atoms with Gasteiger partial charge in [-0.3, -0.25) is 9.69 Å². The van der Waals surface area contributed by atoms with E-state index < -0.39 is 79.7 Å². The first-order valence-electron chi connectivity index (χ1n) is 9.60. The Morgan fingerprint density at radius 2 is 0.895 bits per heavy atom. The zero-order chi connectivity index (χ0) is 30.8. The van der Waals surface area contributed by atoms with Crippen LogP contribution in [0.2, 0.25) is 0 Å². The topological polar surface area (TPSA) is 72.8 Å². The van der Waals surface area contributed by atoms with Crippen LogP contribution in [0.1, 0.15) is 6.42 Å². The van der Waals surface area contributed by atoms with Crippen LogP contribution in [0.15, 0.2) is 0 Å². The number of aliphatic hydroxyl groups excluding tert-OH is 2. The Bertz CT molecular complexity index is 795. The summed E-state index contributed by atoms with van der Waals surface area (Å²) in [6.07, 6.45) is -8.39. The van der Waals surface area contributed by atoms with Crippen molar-refractivity contribution in [3.8, 4) is 0 Å². The Hall–Kier alpha value is -1.84. The molecule has 0 heterocycles. The fraction of sp³-hybridized carbons (Fsp3) is 0.938. The third kappa shape index (κ3) is 5.85. The van der Waals surface area contributed by atoms with Crippen molar-refractivity contribution in [2.75, 3.05) is 39.4 Å². The number of amides is 1. The van der Waals surface area contributed by atoms with Crippen LogP contribution < -0.4 is 5.32 Å². The summed E-state index contributed by atoms with van der Waals surface area (Å²) in [7, 11) is 0. The molecule has 0 radical (unpaired) electrons. The lowest BCUT2D eigenvalue weighted by atomic mass is 9.89. The Balaban J connectivity index is 6.09.